The van der Waals surface area contributed by atoms with Crippen molar-refractivity contribution in [2.24, 2.45) is 0 Å². The maximum Gasteiger partial charge on any atom is 0.422 e. The zero-order chi connectivity index (χ0) is 21.2. The van der Waals surface area contributed by atoms with Gasteiger partial charge in [-0.1, -0.05) is 0 Å². The average molecular weight is 409 g/mol. The van der Waals surface area contributed by atoms with E-state index >= 15 is 0 Å². The van der Waals surface area contributed by atoms with Crippen molar-refractivity contribution in [1.29, 1.82) is 0 Å². The van der Waals surface area contributed by atoms with Gasteiger partial charge >= 0.3 is 12.1 Å². The number of nitrogens with one attached hydrogen (secondary N) is 1. The van der Waals surface area contributed by atoms with E-state index in [1.165, 1.54) is 24.3 Å². The van der Waals surface area contributed by atoms with Gasteiger partial charge in [-0.25, -0.2) is 22.4 Å². The van der Waals surface area contributed by atoms with Crippen LogP contribution in [0.15, 0.2) is 24.3 Å². The van der Waals surface area contributed by atoms with Crippen LogP contribution in [-0.2, 0) is 22.3 Å². The zero-order valence-electron chi connectivity index (χ0n) is 13.9. The van der Waals surface area contributed by atoms with Gasteiger partial charge in [0.15, 0.2) is 23.3 Å². The number of esters is 1. The number of alkyl halides is 3. The number of ketones is 1. The van der Waals surface area contributed by atoms with Crippen LogP contribution in [0.5, 0.6) is 5.75 Å². The molecule has 150 valence electrons. The van der Waals surface area contributed by atoms with Gasteiger partial charge in [-0.2, -0.15) is 13.2 Å². The summed E-state index contributed by atoms with van der Waals surface area (Å²) >= 11 is 0. The number of hydrogen-bond donors (Lipinski definition) is 1. The Morgan fingerprint density at radius 2 is 1.43 bits per heavy atom. The van der Waals surface area contributed by atoms with Gasteiger partial charge in [0.05, 0.1) is 0 Å². The number of ether oxygens (including phenoxy) is 1. The quantitative estimate of drug-likeness (QED) is 0.262. The Morgan fingerprint density at radius 1 is 0.929 bits per heavy atom. The van der Waals surface area contributed by atoms with Crippen LogP contribution < -0.4 is 10.1 Å². The van der Waals surface area contributed by atoms with Gasteiger partial charge in [0.2, 0.25) is 5.78 Å². The lowest BCUT2D eigenvalue weighted by Gasteiger charge is -2.15. The molecule has 0 saturated heterocycles. The molecule has 0 atom stereocenters. The summed E-state index contributed by atoms with van der Waals surface area (Å²) in [5, 5.41) is 2.36. The van der Waals surface area contributed by atoms with Crippen LogP contribution in [0.4, 0.5) is 36.4 Å². The number of Topliss-reactive ketones (excluding diaryl/α,β-unsaturated/α-hetero) is 1. The van der Waals surface area contributed by atoms with Crippen LogP contribution in [0.3, 0.4) is 0 Å². The number of anilines is 1. The SMILES string of the molecule is CC(=O)C(=O)Oc1ccc(NCc2c(F)c(F)c(C(F)(F)F)c(F)c2F)cc1. The van der Waals surface area contributed by atoms with E-state index in [1.54, 1.807) is 0 Å². The molecule has 11 heteroatoms. The maximum atomic E-state index is 13.8. The third kappa shape index (κ3) is 4.41. The highest BCUT2D eigenvalue weighted by atomic mass is 19.4. The Bertz CT molecular complexity index is 895. The molecular weight excluding hydrogens is 399 g/mol. The van der Waals surface area contributed by atoms with Crippen molar-refractivity contribution < 1.29 is 45.1 Å². The minimum absolute atomic E-state index is 0.0327. The number of carbonyl (C=O) groups is 2. The largest absolute Gasteiger partial charge is 0.422 e. The molecular formula is C17H10F7NO3. The van der Waals surface area contributed by atoms with Crippen molar-refractivity contribution >= 4 is 17.4 Å². The van der Waals surface area contributed by atoms with Crippen molar-refractivity contribution in [3.05, 3.63) is 58.7 Å². The second kappa shape index (κ2) is 7.87. The Morgan fingerprint density at radius 3 is 1.86 bits per heavy atom. The molecule has 0 radical (unpaired) electrons. The van der Waals surface area contributed by atoms with Crippen LogP contribution >= 0.6 is 0 Å². The van der Waals surface area contributed by atoms with Gasteiger partial charge in [0.25, 0.3) is 0 Å². The smallest absolute Gasteiger partial charge is 0.421 e. The monoisotopic (exact) mass is 409 g/mol. The minimum atomic E-state index is -5.62. The third-order valence-electron chi connectivity index (χ3n) is 3.46. The molecule has 0 aromatic heterocycles. The van der Waals surface area contributed by atoms with E-state index in [0.29, 0.717) is 0 Å². The highest BCUT2D eigenvalue weighted by Crippen LogP contribution is 2.37. The minimum Gasteiger partial charge on any atom is -0.421 e. The number of benzene rings is 2. The predicted molar refractivity (Wildman–Crippen MR) is 81.4 cm³/mol. The van der Waals surface area contributed by atoms with Gasteiger partial charge in [0.1, 0.15) is 11.3 Å². The zero-order valence-corrected chi connectivity index (χ0v) is 13.9. The van der Waals surface area contributed by atoms with E-state index < -0.39 is 58.9 Å². The number of hydrogen-bond acceptors (Lipinski definition) is 4. The van der Waals surface area contributed by atoms with Crippen molar-refractivity contribution in [3.8, 4) is 5.75 Å². The molecule has 2 aromatic rings. The van der Waals surface area contributed by atoms with Crippen molar-refractivity contribution in [2.45, 2.75) is 19.6 Å². The van der Waals surface area contributed by atoms with Crippen LogP contribution in [-0.4, -0.2) is 11.8 Å². The highest BCUT2D eigenvalue weighted by molar-refractivity contribution is 6.33. The Balaban J connectivity index is 2.21. The first-order chi connectivity index (χ1) is 12.9. The van der Waals surface area contributed by atoms with Crippen LogP contribution in [0, 0.1) is 23.3 Å². The van der Waals surface area contributed by atoms with Gasteiger partial charge in [0, 0.05) is 24.7 Å². The van der Waals surface area contributed by atoms with Crippen LogP contribution in [0.25, 0.3) is 0 Å². The fourth-order valence-electron chi connectivity index (χ4n) is 2.09. The molecule has 28 heavy (non-hydrogen) atoms. The second-order valence-corrected chi connectivity index (χ2v) is 5.43. The van der Waals surface area contributed by atoms with E-state index in [4.69, 9.17) is 0 Å². The molecule has 0 heterocycles. The summed E-state index contributed by atoms with van der Waals surface area (Å²) in [5.74, 6) is -11.4. The van der Waals surface area contributed by atoms with Gasteiger partial charge < -0.3 is 10.1 Å². The van der Waals surface area contributed by atoms with E-state index in [2.05, 4.69) is 10.1 Å². The fraction of sp³-hybridized carbons (Fsp3) is 0.176. The molecule has 0 amide bonds. The van der Waals surface area contributed by atoms with E-state index in [-0.39, 0.29) is 11.4 Å². The number of carbonyl (C=O) groups excluding carboxylic acids is 2. The molecule has 0 fully saturated rings. The van der Waals surface area contributed by atoms with Crippen molar-refractivity contribution in [1.82, 2.24) is 0 Å². The van der Waals surface area contributed by atoms with E-state index in [1.807, 2.05) is 0 Å². The normalized spacial score (nSPS) is 11.3. The number of rotatable bonds is 5. The molecule has 1 N–H and O–H groups in total. The van der Waals surface area contributed by atoms with E-state index in [0.717, 1.165) is 6.92 Å². The summed E-state index contributed by atoms with van der Waals surface area (Å²) < 4.78 is 97.0. The Kier molecular flexibility index (Phi) is 5.95. The van der Waals surface area contributed by atoms with Gasteiger partial charge in [-0.3, -0.25) is 4.79 Å². The summed E-state index contributed by atoms with van der Waals surface area (Å²) in [6.45, 7) is 0.111. The lowest BCUT2D eigenvalue weighted by Crippen LogP contribution is -2.18. The maximum absolute atomic E-state index is 13.8. The van der Waals surface area contributed by atoms with Crippen LogP contribution in [0.1, 0.15) is 18.1 Å². The third-order valence-corrected chi connectivity index (χ3v) is 3.46. The molecule has 0 aliphatic rings. The molecule has 0 unspecified atom stereocenters. The summed E-state index contributed by atoms with van der Waals surface area (Å²) in [7, 11) is 0. The molecule has 0 aliphatic carbocycles. The molecule has 4 nitrogen and oxygen atoms in total. The topological polar surface area (TPSA) is 55.4 Å². The van der Waals surface area contributed by atoms with Crippen LogP contribution in [0.2, 0.25) is 0 Å². The molecule has 0 bridgehead atoms. The van der Waals surface area contributed by atoms with Gasteiger partial charge in [-0.15, -0.1) is 0 Å². The lowest BCUT2D eigenvalue weighted by atomic mass is 10.1. The van der Waals surface area contributed by atoms with Gasteiger partial charge in [-0.05, 0) is 24.3 Å². The first-order valence-electron chi connectivity index (χ1n) is 7.42. The summed E-state index contributed by atoms with van der Waals surface area (Å²) in [4.78, 5) is 21.9. The summed E-state index contributed by atoms with van der Waals surface area (Å²) in [6, 6.07) is 4.86. The average Bonchev–Trinajstić information content (AvgIpc) is 2.60. The Labute approximate surface area is 152 Å². The predicted octanol–water partition coefficient (Wildman–Crippen LogP) is 4.37. The lowest BCUT2D eigenvalue weighted by molar-refractivity contribution is -0.146. The summed E-state index contributed by atoms with van der Waals surface area (Å²) in [6.07, 6.45) is -5.62. The highest BCUT2D eigenvalue weighted by Gasteiger charge is 2.42. The van der Waals surface area contributed by atoms with E-state index in [9.17, 15) is 40.3 Å². The first-order valence-corrected chi connectivity index (χ1v) is 7.42. The fourth-order valence-corrected chi connectivity index (χ4v) is 2.09. The molecule has 0 aliphatic heterocycles. The first kappa shape index (κ1) is 21.2. The summed E-state index contributed by atoms with van der Waals surface area (Å²) in [5.41, 5.74) is -3.79. The molecule has 0 saturated carbocycles. The number of halogens is 7. The second-order valence-electron chi connectivity index (χ2n) is 5.43. The standard InChI is InChI=1S/C17H10F7NO3/c1-7(26)16(27)28-9-4-2-8(3-5-9)25-6-10-12(18)14(20)11(17(22,23)24)15(21)13(10)19/h2-5,25H,6H2,1H3. The van der Waals surface area contributed by atoms with Crippen molar-refractivity contribution in [3.63, 3.8) is 0 Å². The molecule has 0 spiro atoms. The Hall–Kier alpha value is -3.11. The molecule has 2 aromatic carbocycles. The van der Waals surface area contributed by atoms with Crippen molar-refractivity contribution in [2.75, 3.05) is 5.32 Å². The molecule has 2 rings (SSSR count).